The van der Waals surface area contributed by atoms with Gasteiger partial charge in [0.25, 0.3) is 0 Å². The van der Waals surface area contributed by atoms with Gasteiger partial charge in [-0.3, -0.25) is 0 Å². The summed E-state index contributed by atoms with van der Waals surface area (Å²) in [4.78, 5) is 12.2. The Labute approximate surface area is 130 Å². The number of carbonyl (C=O) groups is 1. The first kappa shape index (κ1) is 17.4. The molecule has 1 saturated heterocycles. The third-order valence-electron chi connectivity index (χ3n) is 4.93. The Morgan fingerprint density at radius 1 is 1.55 bits per heavy atom. The standard InChI is InChI=1S/C15H25NO6/c1-9(2)15(20,10(3)17)14(19)22-8-11-4-6-16(21)7-5-12(18)13(11)16/h4,9-10,12-13,17-18,20H,5-8H2,1-3H3/t10-,12+,13-,15?,16?/m1/s1. The molecule has 126 valence electrons. The number of quaternary nitrogens is 1. The van der Waals surface area contributed by atoms with Gasteiger partial charge in [-0.15, -0.1) is 0 Å². The Kier molecular flexibility index (Phi) is 4.66. The van der Waals surface area contributed by atoms with Crippen LogP contribution in [-0.2, 0) is 9.53 Å². The molecule has 2 rings (SSSR count). The zero-order valence-corrected chi connectivity index (χ0v) is 13.2. The van der Waals surface area contributed by atoms with Crippen molar-refractivity contribution in [3.8, 4) is 0 Å². The normalized spacial score (nSPS) is 35.0. The van der Waals surface area contributed by atoms with Crippen LogP contribution >= 0.6 is 0 Å². The molecule has 7 nitrogen and oxygen atoms in total. The molecular formula is C15H25NO6. The first-order valence-electron chi connectivity index (χ1n) is 7.65. The van der Waals surface area contributed by atoms with E-state index in [0.717, 1.165) is 0 Å². The van der Waals surface area contributed by atoms with Crippen LogP contribution in [0.4, 0.5) is 0 Å². The van der Waals surface area contributed by atoms with Crippen molar-refractivity contribution in [1.29, 1.82) is 0 Å². The van der Waals surface area contributed by atoms with E-state index in [1.807, 2.05) is 0 Å². The van der Waals surface area contributed by atoms with Gasteiger partial charge in [0.2, 0.25) is 0 Å². The number of carbonyl (C=O) groups excluding carboxylic acids is 1. The van der Waals surface area contributed by atoms with Gasteiger partial charge in [-0.25, -0.2) is 4.79 Å². The Morgan fingerprint density at radius 2 is 2.18 bits per heavy atom. The van der Waals surface area contributed by atoms with Crippen LogP contribution in [0, 0.1) is 11.1 Å². The molecule has 0 radical (unpaired) electrons. The second-order valence-corrected chi connectivity index (χ2v) is 6.67. The molecule has 2 unspecified atom stereocenters. The van der Waals surface area contributed by atoms with E-state index in [9.17, 15) is 25.3 Å². The van der Waals surface area contributed by atoms with Crippen molar-refractivity contribution in [3.05, 3.63) is 16.9 Å². The van der Waals surface area contributed by atoms with Crippen molar-refractivity contribution in [2.75, 3.05) is 19.7 Å². The zero-order valence-electron chi connectivity index (χ0n) is 13.2. The number of fused-ring (bicyclic) bond motifs is 1. The minimum Gasteiger partial charge on any atom is -0.632 e. The summed E-state index contributed by atoms with van der Waals surface area (Å²) < 4.78 is 4.64. The number of ether oxygens (including phenoxy) is 1. The van der Waals surface area contributed by atoms with E-state index in [1.165, 1.54) is 6.92 Å². The average molecular weight is 315 g/mol. The lowest BCUT2D eigenvalue weighted by Crippen LogP contribution is -2.53. The molecule has 0 aliphatic carbocycles. The number of esters is 1. The molecule has 0 bridgehead atoms. The first-order valence-corrected chi connectivity index (χ1v) is 7.65. The van der Waals surface area contributed by atoms with Crippen LogP contribution in [-0.4, -0.2) is 69.5 Å². The number of aliphatic hydroxyl groups is 3. The monoisotopic (exact) mass is 315 g/mol. The largest absolute Gasteiger partial charge is 0.632 e. The molecule has 5 atom stereocenters. The molecule has 0 aromatic heterocycles. The molecule has 22 heavy (non-hydrogen) atoms. The molecule has 2 heterocycles. The van der Waals surface area contributed by atoms with Gasteiger partial charge in [0.05, 0.1) is 19.2 Å². The highest BCUT2D eigenvalue weighted by molar-refractivity contribution is 5.80. The van der Waals surface area contributed by atoms with Gasteiger partial charge < -0.3 is 29.9 Å². The summed E-state index contributed by atoms with van der Waals surface area (Å²) >= 11 is 0. The fourth-order valence-electron chi connectivity index (χ4n) is 3.41. The van der Waals surface area contributed by atoms with E-state index in [0.29, 0.717) is 18.5 Å². The van der Waals surface area contributed by atoms with Crippen molar-refractivity contribution in [1.82, 2.24) is 0 Å². The predicted molar refractivity (Wildman–Crippen MR) is 78.3 cm³/mol. The highest BCUT2D eigenvalue weighted by atomic mass is 16.6. The molecule has 2 aliphatic rings. The summed E-state index contributed by atoms with van der Waals surface area (Å²) in [6.07, 6.45) is 0.127. The maximum Gasteiger partial charge on any atom is 0.341 e. The Bertz CT molecular complexity index is 467. The SMILES string of the molecule is CC(C)C(O)(C(=O)OCC1=CC[N+]2([O-])CC[C@H](O)[C@@H]12)[C@@H](C)O. The summed E-state index contributed by atoms with van der Waals surface area (Å²) in [6, 6.07) is -0.591. The third-order valence-corrected chi connectivity index (χ3v) is 4.93. The highest BCUT2D eigenvalue weighted by Gasteiger charge is 2.49. The fraction of sp³-hybridized carbons (Fsp3) is 0.800. The van der Waals surface area contributed by atoms with Crippen LogP contribution in [0.5, 0.6) is 0 Å². The average Bonchev–Trinajstić information content (AvgIpc) is 2.92. The van der Waals surface area contributed by atoms with Crippen molar-refractivity contribution in [2.45, 2.75) is 51.0 Å². The minimum atomic E-state index is -1.99. The Hall–Kier alpha value is -0.990. The number of hydrogen-bond acceptors (Lipinski definition) is 6. The van der Waals surface area contributed by atoms with Crippen LogP contribution in [0.15, 0.2) is 11.6 Å². The molecule has 0 aromatic rings. The van der Waals surface area contributed by atoms with Crippen LogP contribution in [0.25, 0.3) is 0 Å². The number of rotatable bonds is 5. The Morgan fingerprint density at radius 3 is 2.73 bits per heavy atom. The lowest BCUT2D eigenvalue weighted by atomic mass is 9.85. The van der Waals surface area contributed by atoms with Crippen molar-refractivity contribution in [2.24, 2.45) is 5.92 Å². The second kappa shape index (κ2) is 5.90. The summed E-state index contributed by atoms with van der Waals surface area (Å²) in [5.74, 6) is -1.44. The molecular weight excluding hydrogens is 290 g/mol. The van der Waals surface area contributed by atoms with Gasteiger partial charge in [-0.2, -0.15) is 0 Å². The molecule has 0 spiro atoms. The van der Waals surface area contributed by atoms with E-state index < -0.39 is 40.4 Å². The van der Waals surface area contributed by atoms with Crippen LogP contribution in [0.2, 0.25) is 0 Å². The molecule has 7 heteroatoms. The Balaban J connectivity index is 2.03. The van der Waals surface area contributed by atoms with Crippen LogP contribution < -0.4 is 0 Å². The van der Waals surface area contributed by atoms with Gasteiger partial charge in [-0.05, 0) is 18.9 Å². The maximum absolute atomic E-state index is 12.4. The van der Waals surface area contributed by atoms with E-state index >= 15 is 0 Å². The summed E-state index contributed by atoms with van der Waals surface area (Å²) in [5, 5.41) is 42.4. The summed E-state index contributed by atoms with van der Waals surface area (Å²) in [5.41, 5.74) is -1.40. The number of hydrogen-bond donors (Lipinski definition) is 3. The van der Waals surface area contributed by atoms with Crippen molar-refractivity contribution in [3.63, 3.8) is 0 Å². The molecule has 0 aromatic carbocycles. The number of aliphatic hydroxyl groups excluding tert-OH is 2. The maximum atomic E-state index is 12.4. The topological polar surface area (TPSA) is 110 Å². The van der Waals surface area contributed by atoms with Gasteiger partial charge in [0, 0.05) is 12.0 Å². The van der Waals surface area contributed by atoms with Gasteiger partial charge >= 0.3 is 5.97 Å². The summed E-state index contributed by atoms with van der Waals surface area (Å²) in [6.45, 7) is 5.02. The van der Waals surface area contributed by atoms with E-state index in [1.54, 1.807) is 19.9 Å². The van der Waals surface area contributed by atoms with E-state index in [2.05, 4.69) is 0 Å². The fourth-order valence-corrected chi connectivity index (χ4v) is 3.41. The zero-order chi connectivity index (χ0) is 16.7. The number of nitrogens with zero attached hydrogens (tertiary/aromatic N) is 1. The van der Waals surface area contributed by atoms with Gasteiger partial charge in [-0.1, -0.05) is 13.8 Å². The highest BCUT2D eigenvalue weighted by Crippen LogP contribution is 2.36. The molecule has 1 fully saturated rings. The van der Waals surface area contributed by atoms with Crippen LogP contribution in [0.3, 0.4) is 0 Å². The third kappa shape index (κ3) is 2.68. The van der Waals surface area contributed by atoms with Crippen molar-refractivity contribution >= 4 is 5.97 Å². The van der Waals surface area contributed by atoms with E-state index in [-0.39, 0.29) is 13.2 Å². The van der Waals surface area contributed by atoms with Gasteiger partial charge in [0.1, 0.15) is 18.8 Å². The lowest BCUT2D eigenvalue weighted by Gasteiger charge is -2.40. The number of hydroxylamine groups is 3. The van der Waals surface area contributed by atoms with Crippen molar-refractivity contribution < 1.29 is 29.5 Å². The molecule has 3 N–H and O–H groups in total. The summed E-state index contributed by atoms with van der Waals surface area (Å²) in [7, 11) is 0. The smallest absolute Gasteiger partial charge is 0.341 e. The minimum absolute atomic E-state index is 0.148. The first-order chi connectivity index (χ1) is 10.1. The molecule has 2 aliphatic heterocycles. The second-order valence-electron chi connectivity index (χ2n) is 6.67. The van der Waals surface area contributed by atoms with Gasteiger partial charge in [0.15, 0.2) is 5.60 Å². The lowest BCUT2D eigenvalue weighted by molar-refractivity contribution is -0.877. The quantitative estimate of drug-likeness (QED) is 0.278. The predicted octanol–water partition coefficient (Wildman–Crippen LogP) is -0.315. The van der Waals surface area contributed by atoms with E-state index in [4.69, 9.17) is 4.74 Å². The molecule has 0 saturated carbocycles. The van der Waals surface area contributed by atoms with Crippen LogP contribution in [0.1, 0.15) is 27.2 Å². The molecule has 0 amide bonds.